The standard InChI is InChI=1S/C24H27F3N2O5S/c1-15-10-17-13-29(14-18(17)11-21(15)28-6-8-33-9-7-28)23(30)20-12-19(35(3,31)32)4-5-22(20)34-16(2)24(25,26)27/h4-5,10-12,16H,6-9,13-14H2,1-3H3/t16-/m0/s1. The number of anilines is 1. The lowest BCUT2D eigenvalue weighted by Gasteiger charge is -2.30. The van der Waals surface area contributed by atoms with Gasteiger partial charge in [0.15, 0.2) is 15.9 Å². The monoisotopic (exact) mass is 512 g/mol. The third-order valence-electron chi connectivity index (χ3n) is 6.25. The van der Waals surface area contributed by atoms with Crippen molar-refractivity contribution in [3.05, 3.63) is 52.6 Å². The molecule has 190 valence electrons. The molecule has 0 aromatic heterocycles. The van der Waals surface area contributed by atoms with Gasteiger partial charge in [0.1, 0.15) is 5.75 Å². The third kappa shape index (κ3) is 5.40. The van der Waals surface area contributed by atoms with Gasteiger partial charge in [0.25, 0.3) is 5.91 Å². The topological polar surface area (TPSA) is 76.2 Å². The van der Waals surface area contributed by atoms with Gasteiger partial charge in [-0.25, -0.2) is 8.42 Å². The van der Waals surface area contributed by atoms with Crippen LogP contribution >= 0.6 is 0 Å². The van der Waals surface area contributed by atoms with E-state index in [4.69, 9.17) is 9.47 Å². The number of benzene rings is 2. The number of rotatable bonds is 5. The van der Waals surface area contributed by atoms with Crippen LogP contribution in [0, 0.1) is 6.92 Å². The molecule has 4 rings (SSSR count). The lowest BCUT2D eigenvalue weighted by molar-refractivity contribution is -0.189. The van der Waals surface area contributed by atoms with E-state index in [0.717, 1.165) is 66.8 Å². The molecule has 1 atom stereocenters. The van der Waals surface area contributed by atoms with Crippen LogP contribution in [-0.2, 0) is 27.7 Å². The zero-order chi connectivity index (χ0) is 25.5. The number of morpholine rings is 1. The average Bonchev–Trinajstić information content (AvgIpc) is 3.20. The summed E-state index contributed by atoms with van der Waals surface area (Å²) in [6, 6.07) is 7.39. The second-order valence-electron chi connectivity index (χ2n) is 8.90. The third-order valence-corrected chi connectivity index (χ3v) is 7.36. The molecule has 35 heavy (non-hydrogen) atoms. The number of alkyl halides is 3. The van der Waals surface area contributed by atoms with Crippen molar-refractivity contribution in [2.75, 3.05) is 37.5 Å². The maximum Gasteiger partial charge on any atom is 0.425 e. The minimum Gasteiger partial charge on any atom is -0.480 e. The molecule has 0 N–H and O–H groups in total. The Hall–Kier alpha value is -2.79. The molecule has 2 heterocycles. The van der Waals surface area contributed by atoms with Crippen LogP contribution in [0.15, 0.2) is 35.2 Å². The number of sulfone groups is 1. The maximum atomic E-state index is 13.5. The van der Waals surface area contributed by atoms with E-state index < -0.39 is 28.0 Å². The van der Waals surface area contributed by atoms with E-state index in [1.165, 1.54) is 4.90 Å². The normalized spacial score (nSPS) is 17.3. The fourth-order valence-corrected chi connectivity index (χ4v) is 4.93. The van der Waals surface area contributed by atoms with Gasteiger partial charge in [-0.3, -0.25) is 4.79 Å². The predicted octanol–water partition coefficient (Wildman–Crippen LogP) is 3.72. The van der Waals surface area contributed by atoms with Crippen LogP contribution in [0.1, 0.15) is 34.0 Å². The molecule has 2 aromatic carbocycles. The van der Waals surface area contributed by atoms with Crippen LogP contribution < -0.4 is 9.64 Å². The van der Waals surface area contributed by atoms with Gasteiger partial charge in [-0.2, -0.15) is 13.2 Å². The molecule has 0 spiro atoms. The number of ether oxygens (including phenoxy) is 2. The number of hydrogen-bond donors (Lipinski definition) is 0. The molecule has 1 fully saturated rings. The molecule has 1 saturated heterocycles. The van der Waals surface area contributed by atoms with Crippen molar-refractivity contribution in [1.29, 1.82) is 0 Å². The van der Waals surface area contributed by atoms with Crippen LogP contribution in [0.25, 0.3) is 0 Å². The zero-order valence-corrected chi connectivity index (χ0v) is 20.5. The van der Waals surface area contributed by atoms with E-state index in [0.29, 0.717) is 13.2 Å². The van der Waals surface area contributed by atoms with Gasteiger partial charge in [-0.15, -0.1) is 0 Å². The van der Waals surface area contributed by atoms with Gasteiger partial charge in [-0.1, -0.05) is 6.07 Å². The number of hydrogen-bond acceptors (Lipinski definition) is 6. The molecular formula is C24H27F3N2O5S. The summed E-state index contributed by atoms with van der Waals surface area (Å²) in [4.78, 5) is 17.0. The molecule has 0 saturated carbocycles. The smallest absolute Gasteiger partial charge is 0.425 e. The van der Waals surface area contributed by atoms with E-state index >= 15 is 0 Å². The molecule has 1 amide bonds. The van der Waals surface area contributed by atoms with E-state index in [9.17, 15) is 26.4 Å². The van der Waals surface area contributed by atoms with Crippen LogP contribution in [0.5, 0.6) is 5.75 Å². The van der Waals surface area contributed by atoms with Gasteiger partial charge in [0.2, 0.25) is 0 Å². The minimum absolute atomic E-state index is 0.171. The summed E-state index contributed by atoms with van der Waals surface area (Å²) < 4.78 is 74.0. The highest BCUT2D eigenvalue weighted by Crippen LogP contribution is 2.34. The SMILES string of the molecule is Cc1cc2c(cc1N1CCOCC1)CN(C(=O)c1cc(S(C)(=O)=O)ccc1O[C@@H](C)C(F)(F)F)C2. The summed E-state index contributed by atoms with van der Waals surface area (Å²) >= 11 is 0. The molecule has 2 aliphatic heterocycles. The molecule has 2 aromatic rings. The molecule has 7 nitrogen and oxygen atoms in total. The highest BCUT2D eigenvalue weighted by atomic mass is 32.2. The molecule has 0 unspecified atom stereocenters. The number of aryl methyl sites for hydroxylation is 1. The van der Waals surface area contributed by atoms with Gasteiger partial charge in [-0.05, 0) is 54.8 Å². The van der Waals surface area contributed by atoms with Gasteiger partial charge < -0.3 is 19.3 Å². The van der Waals surface area contributed by atoms with E-state index in [-0.39, 0.29) is 29.3 Å². The zero-order valence-electron chi connectivity index (χ0n) is 19.7. The van der Waals surface area contributed by atoms with E-state index in [1.807, 2.05) is 19.1 Å². The van der Waals surface area contributed by atoms with Crippen molar-refractivity contribution in [3.8, 4) is 5.75 Å². The number of halogens is 3. The highest BCUT2D eigenvalue weighted by molar-refractivity contribution is 7.90. The first kappa shape index (κ1) is 25.3. The Labute approximate surface area is 202 Å². The summed E-state index contributed by atoms with van der Waals surface area (Å²) in [6.45, 7) is 6.14. The fraction of sp³-hybridized carbons (Fsp3) is 0.458. The first-order valence-corrected chi connectivity index (χ1v) is 13.1. The molecule has 11 heteroatoms. The number of nitrogens with zero attached hydrogens (tertiary/aromatic N) is 2. The number of carbonyl (C=O) groups is 1. The Morgan fingerprint density at radius 3 is 2.31 bits per heavy atom. The van der Waals surface area contributed by atoms with E-state index in [2.05, 4.69) is 4.90 Å². The Morgan fingerprint density at radius 1 is 1.09 bits per heavy atom. The summed E-state index contributed by atoms with van der Waals surface area (Å²) in [6.07, 6.45) is -5.85. The first-order chi connectivity index (χ1) is 16.3. The Morgan fingerprint density at radius 2 is 1.71 bits per heavy atom. The van der Waals surface area contributed by atoms with Gasteiger partial charge in [0.05, 0.1) is 23.7 Å². The second-order valence-corrected chi connectivity index (χ2v) is 10.9. The predicted molar refractivity (Wildman–Crippen MR) is 123 cm³/mol. The molecular weight excluding hydrogens is 485 g/mol. The summed E-state index contributed by atoms with van der Waals surface area (Å²) in [5, 5.41) is 0. The van der Waals surface area contributed by atoms with Crippen LogP contribution in [-0.4, -0.2) is 64.1 Å². The summed E-state index contributed by atoms with van der Waals surface area (Å²) in [5.74, 6) is -0.907. The van der Waals surface area contributed by atoms with Crippen molar-refractivity contribution in [2.45, 2.75) is 44.1 Å². The number of carbonyl (C=O) groups excluding carboxylic acids is 1. The van der Waals surface area contributed by atoms with E-state index in [1.54, 1.807) is 0 Å². The number of fused-ring (bicyclic) bond motifs is 1. The quantitative estimate of drug-likeness (QED) is 0.608. The number of amides is 1. The lowest BCUT2D eigenvalue weighted by atomic mass is 10.0. The van der Waals surface area contributed by atoms with Crippen LogP contribution in [0.3, 0.4) is 0 Å². The maximum absolute atomic E-state index is 13.5. The van der Waals surface area contributed by atoms with Gasteiger partial charge >= 0.3 is 6.18 Å². The van der Waals surface area contributed by atoms with Crippen LogP contribution in [0.4, 0.5) is 18.9 Å². The first-order valence-electron chi connectivity index (χ1n) is 11.2. The minimum atomic E-state index is -4.65. The summed E-state index contributed by atoms with van der Waals surface area (Å²) in [7, 11) is -3.70. The molecule has 2 aliphatic rings. The molecule has 0 radical (unpaired) electrons. The van der Waals surface area contributed by atoms with Crippen LogP contribution in [0.2, 0.25) is 0 Å². The Kier molecular flexibility index (Phi) is 6.76. The molecule has 0 bridgehead atoms. The Bertz CT molecular complexity index is 1240. The van der Waals surface area contributed by atoms with Gasteiger partial charge in [0, 0.05) is 38.1 Å². The lowest BCUT2D eigenvalue weighted by Crippen LogP contribution is -2.36. The van der Waals surface area contributed by atoms with Crippen molar-refractivity contribution in [3.63, 3.8) is 0 Å². The summed E-state index contributed by atoms with van der Waals surface area (Å²) in [5.41, 5.74) is 3.78. The van der Waals surface area contributed by atoms with Crippen molar-refractivity contribution < 1.29 is 35.9 Å². The second kappa shape index (κ2) is 9.34. The molecule has 0 aliphatic carbocycles. The average molecular weight is 513 g/mol. The largest absolute Gasteiger partial charge is 0.480 e. The fourth-order valence-electron chi connectivity index (χ4n) is 4.29. The van der Waals surface area contributed by atoms with Crippen molar-refractivity contribution in [1.82, 2.24) is 4.90 Å². The Balaban J connectivity index is 1.64. The van der Waals surface area contributed by atoms with Crippen molar-refractivity contribution in [2.24, 2.45) is 0 Å². The highest BCUT2D eigenvalue weighted by Gasteiger charge is 2.39. The van der Waals surface area contributed by atoms with Crippen molar-refractivity contribution >= 4 is 21.4 Å².